The van der Waals surface area contributed by atoms with Crippen LogP contribution in [0.1, 0.15) is 40.0 Å². The molecule has 1 heterocycles. The van der Waals surface area contributed by atoms with Gasteiger partial charge in [-0.3, -0.25) is 0 Å². The molecule has 0 aromatic carbocycles. The molecule has 1 N–H and O–H groups in total. The molecule has 1 aliphatic rings. The molecule has 0 bridgehead atoms. The summed E-state index contributed by atoms with van der Waals surface area (Å²) >= 11 is 0. The Hall–Kier alpha value is -1.13. The maximum Gasteiger partial charge on any atom is 0.460 e. The van der Waals surface area contributed by atoms with Crippen LogP contribution >= 0.6 is 0 Å². The van der Waals surface area contributed by atoms with Crippen LogP contribution < -0.4 is 0 Å². The van der Waals surface area contributed by atoms with Crippen LogP contribution in [0.25, 0.3) is 0 Å². The Balaban J connectivity index is 4.05. The van der Waals surface area contributed by atoms with Crippen molar-refractivity contribution < 1.29 is 94.0 Å². The van der Waals surface area contributed by atoms with Crippen molar-refractivity contribution in [2.45, 2.75) is 111 Å². The molecule has 0 saturated carbocycles. The second-order valence-corrected chi connectivity index (χ2v) is 12.8. The number of rotatable bonds is 15. The molecular weight excluding hydrogens is 667 g/mol. The van der Waals surface area contributed by atoms with Crippen LogP contribution in [0.5, 0.6) is 0 Å². The van der Waals surface area contributed by atoms with Crippen molar-refractivity contribution in [3.63, 3.8) is 0 Å². The van der Waals surface area contributed by atoms with Gasteiger partial charge in [-0.25, -0.2) is 0 Å². The van der Waals surface area contributed by atoms with Gasteiger partial charge in [0.1, 0.15) is 8.80 Å². The average Bonchev–Trinajstić information content (AvgIpc) is 2.87. The zero-order valence-electron chi connectivity index (χ0n) is 22.3. The molecule has 1 aliphatic heterocycles. The Kier molecular flexibility index (Phi) is 11.3. The molecule has 1 unspecified atom stereocenters. The third-order valence-electron chi connectivity index (χ3n) is 6.83. The first kappa shape index (κ1) is 39.9. The average molecular weight is 694 g/mol. The summed E-state index contributed by atoms with van der Waals surface area (Å²) in [6.07, 6.45) is -7.20. The third-order valence-corrected chi connectivity index (χ3v) is 10.8. The zero-order chi connectivity index (χ0) is 34.4. The minimum absolute atomic E-state index is 0.131. The summed E-state index contributed by atoms with van der Waals surface area (Å²) in [5.41, 5.74) is -3.54. The van der Waals surface area contributed by atoms with E-state index in [1.54, 1.807) is 0 Å². The van der Waals surface area contributed by atoms with E-state index in [-0.39, 0.29) is 24.9 Å². The minimum atomic E-state index is -8.79. The Labute approximate surface area is 234 Å². The molecule has 0 aromatic rings. The van der Waals surface area contributed by atoms with Gasteiger partial charge in [-0.2, -0.15) is 74.6 Å². The summed E-state index contributed by atoms with van der Waals surface area (Å²) in [5, 5.41) is 11.0. The highest BCUT2D eigenvalue weighted by atomic mass is 28.3. The Bertz CT molecular complexity index is 931. The second kappa shape index (κ2) is 12.2. The van der Waals surface area contributed by atoms with E-state index in [0.717, 1.165) is 13.8 Å². The normalized spacial score (nSPS) is 19.5. The molecule has 1 atom stereocenters. The van der Waals surface area contributed by atoms with E-state index in [2.05, 4.69) is 4.74 Å². The summed E-state index contributed by atoms with van der Waals surface area (Å²) in [4.78, 5) is 0. The predicted molar refractivity (Wildman–Crippen MR) is 114 cm³/mol. The lowest BCUT2D eigenvalue weighted by molar-refractivity contribution is -0.496. The smallest absolute Gasteiger partial charge is 0.357 e. The Morgan fingerprint density at radius 3 is 1.07 bits per heavy atom. The molecule has 0 radical (unpaired) electrons. The van der Waals surface area contributed by atoms with Gasteiger partial charge in [0.05, 0.1) is 0 Å². The quantitative estimate of drug-likeness (QED) is 0.110. The first-order valence-electron chi connectivity index (χ1n) is 12.4. The standard InChI is InChI=1S/C21H27F17O4Si/c1-4-40-19(39,21(41-5-2,42-6-3)43-10-8-7-9-11-43)17(32,33)15(28,29)13(24,25)12(22,23)14(26,27)16(30,31)18(34,35)20(36,37)38/h39,43H,4-11H2,1-3H3. The molecule has 1 saturated heterocycles. The van der Waals surface area contributed by atoms with E-state index in [9.17, 15) is 62.2 Å². The summed E-state index contributed by atoms with van der Waals surface area (Å²) in [6.45, 7) is -0.391. The zero-order valence-corrected chi connectivity index (χ0v) is 23.5. The van der Waals surface area contributed by atoms with Gasteiger partial charge in [0.25, 0.3) is 5.79 Å². The van der Waals surface area contributed by atoms with Crippen molar-refractivity contribution in [3.05, 3.63) is 0 Å². The predicted octanol–water partition coefficient (Wildman–Crippen LogP) is 7.44. The van der Waals surface area contributed by atoms with Crippen LogP contribution in [0.15, 0.2) is 0 Å². The van der Waals surface area contributed by atoms with Crippen molar-refractivity contribution in [2.75, 3.05) is 19.8 Å². The second-order valence-electron chi connectivity index (χ2n) is 9.46. The fraction of sp³-hybridized carbons (Fsp3) is 1.00. The lowest BCUT2D eigenvalue weighted by atomic mass is 9.86. The number of hydrogen-bond acceptors (Lipinski definition) is 4. The number of ether oxygens (including phenoxy) is 3. The first-order chi connectivity index (χ1) is 19.0. The summed E-state index contributed by atoms with van der Waals surface area (Å²) in [5.74, 6) is -63.9. The van der Waals surface area contributed by atoms with Gasteiger partial charge in [-0.05, 0) is 20.8 Å². The Morgan fingerprint density at radius 1 is 0.465 bits per heavy atom. The van der Waals surface area contributed by atoms with Crippen LogP contribution in [0, 0.1) is 0 Å². The number of hydrogen-bond donors (Lipinski definition) is 1. The maximum atomic E-state index is 15.6. The van der Waals surface area contributed by atoms with Crippen molar-refractivity contribution in [3.8, 4) is 0 Å². The van der Waals surface area contributed by atoms with Crippen LogP contribution in [0.4, 0.5) is 74.6 Å². The number of halogens is 17. The highest BCUT2D eigenvalue weighted by Crippen LogP contribution is 2.66. The van der Waals surface area contributed by atoms with Gasteiger partial charge in [0, 0.05) is 19.8 Å². The molecule has 0 aliphatic carbocycles. The lowest BCUT2D eigenvalue weighted by Crippen LogP contribution is -2.82. The largest absolute Gasteiger partial charge is 0.460 e. The van der Waals surface area contributed by atoms with E-state index >= 15 is 17.6 Å². The van der Waals surface area contributed by atoms with Gasteiger partial charge < -0.3 is 19.3 Å². The molecule has 1 fully saturated rings. The monoisotopic (exact) mass is 694 g/mol. The molecular formula is C21H27F17O4Si. The molecule has 43 heavy (non-hydrogen) atoms. The van der Waals surface area contributed by atoms with Crippen LogP contribution in [0.2, 0.25) is 12.1 Å². The summed E-state index contributed by atoms with van der Waals surface area (Å²) in [6, 6.07) is -0.444. The van der Waals surface area contributed by atoms with E-state index in [1.165, 1.54) is 0 Å². The SMILES string of the molecule is CCOC(OCC)([SiH]1CCCCC1)C(O)(OCC)C(F)(F)C(F)(F)C(F)(F)C(F)(F)C(F)(F)C(F)(F)C(F)(F)C(F)(F)F. The van der Waals surface area contributed by atoms with Crippen molar-refractivity contribution in [1.82, 2.24) is 0 Å². The highest BCUT2D eigenvalue weighted by Gasteiger charge is 2.97. The molecule has 258 valence electrons. The fourth-order valence-electron chi connectivity index (χ4n) is 4.66. The maximum absolute atomic E-state index is 15.6. The molecule has 4 nitrogen and oxygen atoms in total. The third kappa shape index (κ3) is 5.51. The van der Waals surface area contributed by atoms with E-state index < -0.39 is 87.4 Å². The Morgan fingerprint density at radius 2 is 0.767 bits per heavy atom. The number of alkyl halides is 17. The highest BCUT2D eigenvalue weighted by molar-refractivity contribution is 6.62. The van der Waals surface area contributed by atoms with Gasteiger partial charge in [0.15, 0.2) is 0 Å². The van der Waals surface area contributed by atoms with E-state index in [0.29, 0.717) is 13.3 Å². The minimum Gasteiger partial charge on any atom is -0.357 e. The van der Waals surface area contributed by atoms with E-state index in [4.69, 9.17) is 9.47 Å². The van der Waals surface area contributed by atoms with Crippen molar-refractivity contribution in [2.24, 2.45) is 0 Å². The molecule has 22 heteroatoms. The van der Waals surface area contributed by atoms with E-state index in [1.807, 2.05) is 0 Å². The molecule has 0 aromatic heterocycles. The van der Waals surface area contributed by atoms with Gasteiger partial charge in [-0.15, -0.1) is 0 Å². The van der Waals surface area contributed by atoms with Gasteiger partial charge in [-0.1, -0.05) is 31.4 Å². The van der Waals surface area contributed by atoms with Crippen LogP contribution in [-0.4, -0.2) is 92.6 Å². The topological polar surface area (TPSA) is 47.9 Å². The summed E-state index contributed by atoms with van der Waals surface area (Å²) < 4.78 is 252. The lowest BCUT2D eigenvalue weighted by Gasteiger charge is -2.54. The van der Waals surface area contributed by atoms with Crippen LogP contribution in [0.3, 0.4) is 0 Å². The van der Waals surface area contributed by atoms with Gasteiger partial charge in [0.2, 0.25) is 5.41 Å². The van der Waals surface area contributed by atoms with Gasteiger partial charge >= 0.3 is 47.6 Å². The first-order valence-corrected chi connectivity index (χ1v) is 14.6. The molecule has 0 amide bonds. The number of aliphatic hydroxyl groups is 1. The van der Waals surface area contributed by atoms with Crippen molar-refractivity contribution in [1.29, 1.82) is 0 Å². The molecule has 0 spiro atoms. The van der Waals surface area contributed by atoms with Crippen LogP contribution in [-0.2, 0) is 14.2 Å². The van der Waals surface area contributed by atoms with Crippen molar-refractivity contribution >= 4 is 8.80 Å². The molecule has 1 rings (SSSR count). The summed E-state index contributed by atoms with van der Waals surface area (Å²) in [7, 11) is -3.50. The fourth-order valence-corrected chi connectivity index (χ4v) is 8.89.